The standard InChI is InChI=1S/C21H20F3N3O3/c1-2-30-20(29)16-13-17(27(26-16)15-11-7-4-8-12-15)19(28)25-18(21(22,23)24)14-9-5-3-6-10-14/h3-12,17-18H,2,13H2,1H3,(H,25,28). The number of hydrazone groups is 1. The first-order chi connectivity index (χ1) is 14.3. The van der Waals surface area contributed by atoms with E-state index in [2.05, 4.69) is 10.4 Å². The van der Waals surface area contributed by atoms with E-state index in [9.17, 15) is 22.8 Å². The van der Waals surface area contributed by atoms with Crippen LogP contribution < -0.4 is 10.3 Å². The molecular weight excluding hydrogens is 399 g/mol. The van der Waals surface area contributed by atoms with Gasteiger partial charge < -0.3 is 10.1 Å². The first-order valence-corrected chi connectivity index (χ1v) is 9.32. The van der Waals surface area contributed by atoms with Gasteiger partial charge in [0.2, 0.25) is 5.91 Å². The molecule has 0 bridgehead atoms. The minimum absolute atomic E-state index is 0.0240. The zero-order valence-corrected chi connectivity index (χ0v) is 16.1. The second kappa shape index (κ2) is 8.98. The number of carbonyl (C=O) groups excluding carboxylic acids is 2. The Bertz CT molecular complexity index is 917. The highest BCUT2D eigenvalue weighted by atomic mass is 19.4. The van der Waals surface area contributed by atoms with E-state index < -0.39 is 30.1 Å². The second-order valence-electron chi connectivity index (χ2n) is 6.56. The highest BCUT2D eigenvalue weighted by Gasteiger charge is 2.45. The summed E-state index contributed by atoms with van der Waals surface area (Å²) in [6.07, 6.45) is -4.86. The van der Waals surface area contributed by atoms with E-state index in [1.807, 2.05) is 0 Å². The number of anilines is 1. The van der Waals surface area contributed by atoms with Crippen molar-refractivity contribution in [3.63, 3.8) is 0 Å². The van der Waals surface area contributed by atoms with Crippen molar-refractivity contribution in [1.29, 1.82) is 0 Å². The molecule has 30 heavy (non-hydrogen) atoms. The number of alkyl halides is 3. The highest BCUT2D eigenvalue weighted by Crippen LogP contribution is 2.33. The van der Waals surface area contributed by atoms with Crippen LogP contribution >= 0.6 is 0 Å². The van der Waals surface area contributed by atoms with E-state index in [-0.39, 0.29) is 24.3 Å². The van der Waals surface area contributed by atoms with Gasteiger partial charge in [0.15, 0.2) is 6.04 Å². The number of hydrogen-bond acceptors (Lipinski definition) is 5. The molecule has 0 aliphatic carbocycles. The molecule has 3 rings (SSSR count). The van der Waals surface area contributed by atoms with Gasteiger partial charge in [0.05, 0.1) is 12.3 Å². The number of halogens is 3. The fourth-order valence-corrected chi connectivity index (χ4v) is 3.11. The molecule has 0 fully saturated rings. The van der Waals surface area contributed by atoms with Gasteiger partial charge >= 0.3 is 12.1 Å². The number of hydrogen-bond donors (Lipinski definition) is 1. The maximum absolute atomic E-state index is 13.6. The monoisotopic (exact) mass is 419 g/mol. The van der Waals surface area contributed by atoms with Gasteiger partial charge in [-0.15, -0.1) is 0 Å². The Labute approximate surface area is 171 Å². The van der Waals surface area contributed by atoms with Crippen molar-refractivity contribution in [2.24, 2.45) is 5.10 Å². The molecule has 2 unspecified atom stereocenters. The fraction of sp³-hybridized carbons (Fsp3) is 0.286. The van der Waals surface area contributed by atoms with E-state index in [0.717, 1.165) is 0 Å². The molecule has 0 saturated heterocycles. The van der Waals surface area contributed by atoms with Crippen molar-refractivity contribution in [2.75, 3.05) is 11.6 Å². The number of amides is 1. The second-order valence-corrected chi connectivity index (χ2v) is 6.56. The van der Waals surface area contributed by atoms with Crippen molar-refractivity contribution in [1.82, 2.24) is 5.32 Å². The van der Waals surface area contributed by atoms with Crippen molar-refractivity contribution in [2.45, 2.75) is 31.6 Å². The van der Waals surface area contributed by atoms with E-state index in [1.165, 1.54) is 29.3 Å². The molecule has 0 aromatic heterocycles. The summed E-state index contributed by atoms with van der Waals surface area (Å²) in [6.45, 7) is 1.74. The average molecular weight is 419 g/mol. The first kappa shape index (κ1) is 21.4. The average Bonchev–Trinajstić information content (AvgIpc) is 3.18. The Hall–Kier alpha value is -3.36. The summed E-state index contributed by atoms with van der Waals surface area (Å²) in [7, 11) is 0. The summed E-state index contributed by atoms with van der Waals surface area (Å²) >= 11 is 0. The zero-order chi connectivity index (χ0) is 21.7. The highest BCUT2D eigenvalue weighted by molar-refractivity contribution is 6.38. The molecule has 2 atom stereocenters. The summed E-state index contributed by atoms with van der Waals surface area (Å²) in [6, 6.07) is 12.2. The molecule has 1 aliphatic rings. The lowest BCUT2D eigenvalue weighted by Gasteiger charge is -2.27. The van der Waals surface area contributed by atoms with Gasteiger partial charge in [-0.1, -0.05) is 48.5 Å². The number of para-hydroxylation sites is 1. The molecular formula is C21H20F3N3O3. The number of benzene rings is 2. The van der Waals surface area contributed by atoms with Crippen LogP contribution in [0.15, 0.2) is 65.8 Å². The summed E-state index contributed by atoms with van der Waals surface area (Å²) in [5, 5.41) is 7.48. The molecule has 1 heterocycles. The molecule has 158 valence electrons. The molecule has 1 amide bonds. The summed E-state index contributed by atoms with van der Waals surface area (Å²) in [5.41, 5.74) is 0.360. The van der Waals surface area contributed by atoms with E-state index >= 15 is 0 Å². The molecule has 2 aromatic carbocycles. The van der Waals surface area contributed by atoms with Gasteiger partial charge in [-0.2, -0.15) is 18.3 Å². The Balaban J connectivity index is 1.88. The Morgan fingerprint density at radius 2 is 1.73 bits per heavy atom. The van der Waals surface area contributed by atoms with Gasteiger partial charge in [0.1, 0.15) is 11.8 Å². The first-order valence-electron chi connectivity index (χ1n) is 9.32. The predicted molar refractivity (Wildman–Crippen MR) is 105 cm³/mol. The number of esters is 1. The number of rotatable bonds is 6. The Kier molecular flexibility index (Phi) is 6.39. The quantitative estimate of drug-likeness (QED) is 0.727. The smallest absolute Gasteiger partial charge is 0.412 e. The van der Waals surface area contributed by atoms with Crippen LogP contribution in [0.2, 0.25) is 0 Å². The summed E-state index contributed by atoms with van der Waals surface area (Å²) in [5.74, 6) is -1.60. The van der Waals surface area contributed by atoms with Gasteiger partial charge in [-0.05, 0) is 24.6 Å². The van der Waals surface area contributed by atoms with Crippen LogP contribution in [-0.4, -0.2) is 36.4 Å². The van der Waals surface area contributed by atoms with Crippen LogP contribution in [0.5, 0.6) is 0 Å². The molecule has 6 nitrogen and oxygen atoms in total. The number of nitrogens with one attached hydrogen (secondary N) is 1. The summed E-state index contributed by atoms with van der Waals surface area (Å²) in [4.78, 5) is 25.0. The third kappa shape index (κ3) is 4.79. The number of carbonyl (C=O) groups is 2. The fourth-order valence-electron chi connectivity index (χ4n) is 3.11. The van der Waals surface area contributed by atoms with Crippen LogP contribution in [-0.2, 0) is 14.3 Å². The van der Waals surface area contributed by atoms with Crippen LogP contribution in [0.25, 0.3) is 0 Å². The van der Waals surface area contributed by atoms with E-state index in [0.29, 0.717) is 5.69 Å². The third-order valence-corrected chi connectivity index (χ3v) is 4.49. The molecule has 1 N–H and O–H groups in total. The molecule has 0 spiro atoms. The van der Waals surface area contributed by atoms with Crippen LogP contribution in [0, 0.1) is 0 Å². The predicted octanol–water partition coefficient (Wildman–Crippen LogP) is 3.60. The Morgan fingerprint density at radius 3 is 2.30 bits per heavy atom. The molecule has 1 aliphatic heterocycles. The van der Waals surface area contributed by atoms with Crippen molar-refractivity contribution >= 4 is 23.3 Å². The Morgan fingerprint density at radius 1 is 1.13 bits per heavy atom. The third-order valence-electron chi connectivity index (χ3n) is 4.49. The van der Waals surface area contributed by atoms with E-state index in [1.54, 1.807) is 43.3 Å². The molecule has 0 radical (unpaired) electrons. The van der Waals surface area contributed by atoms with Crippen LogP contribution in [0.1, 0.15) is 24.9 Å². The van der Waals surface area contributed by atoms with Gasteiger partial charge in [-0.25, -0.2) is 4.79 Å². The van der Waals surface area contributed by atoms with Gasteiger partial charge in [-0.3, -0.25) is 9.80 Å². The number of nitrogens with zero attached hydrogens (tertiary/aromatic N) is 2. The van der Waals surface area contributed by atoms with Crippen molar-refractivity contribution in [3.05, 3.63) is 66.2 Å². The van der Waals surface area contributed by atoms with Crippen LogP contribution in [0.3, 0.4) is 0 Å². The SMILES string of the molecule is CCOC(=O)C1=NN(c2ccccc2)C(C(=O)NC(c2ccccc2)C(F)(F)F)C1. The molecule has 9 heteroatoms. The zero-order valence-electron chi connectivity index (χ0n) is 16.1. The lowest BCUT2D eigenvalue weighted by Crippen LogP contribution is -2.47. The minimum Gasteiger partial charge on any atom is -0.461 e. The van der Waals surface area contributed by atoms with Crippen molar-refractivity contribution < 1.29 is 27.5 Å². The van der Waals surface area contributed by atoms with Gasteiger partial charge in [0, 0.05) is 6.42 Å². The topological polar surface area (TPSA) is 71.0 Å². The molecule has 2 aromatic rings. The lowest BCUT2D eigenvalue weighted by molar-refractivity contribution is -0.163. The van der Waals surface area contributed by atoms with Crippen LogP contribution in [0.4, 0.5) is 18.9 Å². The van der Waals surface area contributed by atoms with Crippen molar-refractivity contribution in [3.8, 4) is 0 Å². The number of ether oxygens (including phenoxy) is 1. The normalized spacial score (nSPS) is 17.3. The summed E-state index contributed by atoms with van der Waals surface area (Å²) < 4.78 is 45.9. The lowest BCUT2D eigenvalue weighted by atomic mass is 10.0. The van der Waals surface area contributed by atoms with E-state index in [4.69, 9.17) is 4.74 Å². The largest absolute Gasteiger partial charge is 0.461 e. The van der Waals surface area contributed by atoms with Gasteiger partial charge in [0.25, 0.3) is 0 Å². The maximum atomic E-state index is 13.6. The minimum atomic E-state index is -4.70. The molecule has 0 saturated carbocycles. The maximum Gasteiger partial charge on any atom is 0.412 e.